The summed E-state index contributed by atoms with van der Waals surface area (Å²) >= 11 is 0. The van der Waals surface area contributed by atoms with Gasteiger partial charge in [0.15, 0.2) is 23.3 Å². The van der Waals surface area contributed by atoms with Crippen LogP contribution in [0.4, 0.5) is 0 Å². The molecule has 7 heteroatoms. The minimum absolute atomic E-state index is 0.524. The van der Waals surface area contributed by atoms with Crippen molar-refractivity contribution in [2.24, 2.45) is 0 Å². The molecule has 8 aromatic carbocycles. The monoisotopic (exact) mass is 791 g/mol. The molecule has 0 aliphatic carbocycles. The third-order valence-electron chi connectivity index (χ3n) is 10.8. The summed E-state index contributed by atoms with van der Waals surface area (Å²) in [6.07, 6.45) is 0. The van der Waals surface area contributed by atoms with Gasteiger partial charge in [0.25, 0.3) is 0 Å². The lowest BCUT2D eigenvalue weighted by Crippen LogP contribution is -2.01. The van der Waals surface area contributed by atoms with E-state index in [0.29, 0.717) is 34.4 Å². The van der Waals surface area contributed by atoms with Crippen molar-refractivity contribution in [1.29, 1.82) is 10.5 Å². The fourth-order valence-corrected chi connectivity index (χ4v) is 7.80. The Labute approximate surface area is 358 Å². The van der Waals surface area contributed by atoms with Gasteiger partial charge >= 0.3 is 0 Å². The fourth-order valence-electron chi connectivity index (χ4n) is 7.80. The molecule has 0 fully saturated rings. The largest absolute Gasteiger partial charge is 0.228 e. The maximum Gasteiger partial charge on any atom is 0.164 e. The van der Waals surface area contributed by atoms with Crippen molar-refractivity contribution >= 4 is 10.9 Å². The summed E-state index contributed by atoms with van der Waals surface area (Å²) < 4.78 is 0. The van der Waals surface area contributed by atoms with Gasteiger partial charge in [-0.15, -0.1) is 0 Å². The van der Waals surface area contributed by atoms with E-state index in [1.807, 2.05) is 152 Å². The van der Waals surface area contributed by atoms with E-state index < -0.39 is 0 Å². The molecule has 0 aliphatic heterocycles. The molecular formula is C55H33N7. The molecule has 0 unspecified atom stereocenters. The molecule has 0 radical (unpaired) electrons. The second-order valence-electron chi connectivity index (χ2n) is 14.7. The van der Waals surface area contributed by atoms with Gasteiger partial charge in [0.1, 0.15) is 0 Å². The molecule has 2 heterocycles. The van der Waals surface area contributed by atoms with Gasteiger partial charge in [-0.1, -0.05) is 158 Å². The van der Waals surface area contributed by atoms with Gasteiger partial charge in [-0.05, 0) is 75.8 Å². The summed E-state index contributed by atoms with van der Waals surface area (Å²) in [5.74, 6) is 2.22. The van der Waals surface area contributed by atoms with Crippen molar-refractivity contribution in [3.05, 3.63) is 211 Å². The summed E-state index contributed by atoms with van der Waals surface area (Å²) in [7, 11) is 0. The van der Waals surface area contributed by atoms with Gasteiger partial charge in [0.2, 0.25) is 0 Å². The standard InChI is InChI=1S/C55H33N7/c56-34-36-14-10-18-38(30-36)39-19-11-23-43(31-39)53-58-50-29-9-8-28-49(50)51(59-53)42-22-12-21-41(32-42)47-26-6-7-27-48(47)55-61-52(37-15-2-1-3-16-37)60-54(62-55)44-24-13-20-40(33-44)46-25-5-4-17-45(46)35-57/h1-33H. The van der Waals surface area contributed by atoms with Gasteiger partial charge in [-0.2, -0.15) is 10.5 Å². The smallest absolute Gasteiger partial charge is 0.164 e. The van der Waals surface area contributed by atoms with E-state index in [2.05, 4.69) is 54.6 Å². The molecule has 0 spiro atoms. The predicted molar refractivity (Wildman–Crippen MR) is 246 cm³/mol. The number of hydrogen-bond donors (Lipinski definition) is 0. The minimum Gasteiger partial charge on any atom is -0.228 e. The normalized spacial score (nSPS) is 10.9. The number of benzene rings is 8. The second-order valence-corrected chi connectivity index (χ2v) is 14.7. The number of aromatic nitrogens is 5. The number of fused-ring (bicyclic) bond motifs is 1. The SMILES string of the molecule is N#Cc1cccc(-c2cccc(-c3nc(-c4cccc(-c5ccccc5-c5nc(-c6ccccc6)nc(-c6cccc(-c7ccccc7C#N)c6)n5)c4)c4ccccc4n3)c2)c1. The third-order valence-corrected chi connectivity index (χ3v) is 10.8. The molecule has 62 heavy (non-hydrogen) atoms. The average Bonchev–Trinajstić information content (AvgIpc) is 3.36. The van der Waals surface area contributed by atoms with E-state index >= 15 is 0 Å². The summed E-state index contributed by atoms with van der Waals surface area (Å²) in [4.78, 5) is 25.5. The maximum absolute atomic E-state index is 9.86. The second kappa shape index (κ2) is 16.4. The highest BCUT2D eigenvalue weighted by Crippen LogP contribution is 2.37. The number of hydrogen-bond acceptors (Lipinski definition) is 7. The number of para-hydroxylation sites is 1. The van der Waals surface area contributed by atoms with Crippen molar-refractivity contribution < 1.29 is 0 Å². The summed E-state index contributed by atoms with van der Waals surface area (Å²) in [5, 5.41) is 20.3. The Kier molecular flexibility index (Phi) is 9.88. The molecule has 10 aromatic rings. The molecule has 7 nitrogen and oxygen atoms in total. The number of nitriles is 2. The van der Waals surface area contributed by atoms with Gasteiger partial charge in [-0.25, -0.2) is 24.9 Å². The van der Waals surface area contributed by atoms with Gasteiger partial charge in [0.05, 0.1) is 34.5 Å². The van der Waals surface area contributed by atoms with E-state index in [4.69, 9.17) is 24.9 Å². The van der Waals surface area contributed by atoms with E-state index in [-0.39, 0.29) is 0 Å². The van der Waals surface area contributed by atoms with Crippen LogP contribution in [0.15, 0.2) is 200 Å². The lowest BCUT2D eigenvalue weighted by Gasteiger charge is -2.14. The molecule has 288 valence electrons. The average molecular weight is 792 g/mol. The summed E-state index contributed by atoms with van der Waals surface area (Å²) in [6.45, 7) is 0. The zero-order valence-corrected chi connectivity index (χ0v) is 33.2. The van der Waals surface area contributed by atoms with Crippen molar-refractivity contribution in [1.82, 2.24) is 24.9 Å². The third kappa shape index (κ3) is 7.35. The maximum atomic E-state index is 9.86. The molecule has 0 saturated heterocycles. The first kappa shape index (κ1) is 37.4. The Morgan fingerprint density at radius 1 is 0.306 bits per heavy atom. The zero-order valence-electron chi connectivity index (χ0n) is 33.2. The van der Waals surface area contributed by atoms with Crippen molar-refractivity contribution in [3.8, 4) is 102 Å². The van der Waals surface area contributed by atoms with E-state index in [9.17, 15) is 10.5 Å². The van der Waals surface area contributed by atoms with Gasteiger partial charge in [0, 0.05) is 33.2 Å². The molecule has 0 N–H and O–H groups in total. The molecular weight excluding hydrogens is 759 g/mol. The number of rotatable bonds is 8. The van der Waals surface area contributed by atoms with Crippen molar-refractivity contribution in [2.75, 3.05) is 0 Å². The lowest BCUT2D eigenvalue weighted by molar-refractivity contribution is 1.07. The number of nitrogens with zero attached hydrogens (tertiary/aromatic N) is 7. The quantitative estimate of drug-likeness (QED) is 0.151. The van der Waals surface area contributed by atoms with Crippen LogP contribution in [0.2, 0.25) is 0 Å². The Morgan fingerprint density at radius 2 is 0.806 bits per heavy atom. The van der Waals surface area contributed by atoms with Gasteiger partial charge in [-0.3, -0.25) is 0 Å². The van der Waals surface area contributed by atoms with Crippen LogP contribution >= 0.6 is 0 Å². The fraction of sp³-hybridized carbons (Fsp3) is 0. The van der Waals surface area contributed by atoms with Crippen LogP contribution < -0.4 is 0 Å². The minimum atomic E-state index is 0.524. The summed E-state index contributed by atoms with van der Waals surface area (Å²) in [6, 6.07) is 70.5. The molecule has 2 aromatic heterocycles. The molecule has 0 atom stereocenters. The van der Waals surface area contributed by atoms with Crippen molar-refractivity contribution in [2.45, 2.75) is 0 Å². The highest BCUT2D eigenvalue weighted by atomic mass is 15.0. The molecule has 0 bridgehead atoms. The summed E-state index contributed by atoms with van der Waals surface area (Å²) in [5.41, 5.74) is 12.8. The first-order chi connectivity index (χ1) is 30.6. The topological polar surface area (TPSA) is 112 Å². The van der Waals surface area contributed by atoms with E-state index in [1.165, 1.54) is 0 Å². The Bertz CT molecular complexity index is 3400. The molecule has 0 saturated carbocycles. The highest BCUT2D eigenvalue weighted by molar-refractivity contribution is 5.95. The highest BCUT2D eigenvalue weighted by Gasteiger charge is 2.18. The van der Waals surface area contributed by atoms with Crippen LogP contribution in [-0.2, 0) is 0 Å². The van der Waals surface area contributed by atoms with Crippen LogP contribution in [0.1, 0.15) is 11.1 Å². The Hall–Kier alpha value is -8.91. The van der Waals surface area contributed by atoms with Crippen molar-refractivity contribution in [3.63, 3.8) is 0 Å². The first-order valence-corrected chi connectivity index (χ1v) is 20.1. The van der Waals surface area contributed by atoms with Crippen LogP contribution in [0.5, 0.6) is 0 Å². The first-order valence-electron chi connectivity index (χ1n) is 20.1. The predicted octanol–water partition coefficient (Wildman–Crippen LogP) is 12.9. The van der Waals surface area contributed by atoms with Crippen LogP contribution in [0.3, 0.4) is 0 Å². The van der Waals surface area contributed by atoms with Crippen LogP contribution in [0.25, 0.3) is 101 Å². The van der Waals surface area contributed by atoms with E-state index in [1.54, 1.807) is 6.07 Å². The lowest BCUT2D eigenvalue weighted by atomic mass is 9.95. The van der Waals surface area contributed by atoms with Crippen LogP contribution in [0, 0.1) is 22.7 Å². The molecule has 0 amide bonds. The van der Waals surface area contributed by atoms with E-state index in [0.717, 1.165) is 77.8 Å². The Balaban J connectivity index is 1.08. The zero-order chi connectivity index (χ0) is 41.8. The Morgan fingerprint density at radius 3 is 1.56 bits per heavy atom. The van der Waals surface area contributed by atoms with Crippen LogP contribution in [-0.4, -0.2) is 24.9 Å². The molecule has 10 rings (SSSR count). The molecule has 0 aliphatic rings. The van der Waals surface area contributed by atoms with Gasteiger partial charge < -0.3 is 0 Å².